The zero-order valence-electron chi connectivity index (χ0n) is 20.0. The average molecular weight is 487 g/mol. The molecule has 3 heterocycles. The second-order valence-corrected chi connectivity index (χ2v) is 9.63. The number of aromatic amines is 3. The van der Waals surface area contributed by atoms with Crippen LogP contribution >= 0.6 is 0 Å². The summed E-state index contributed by atoms with van der Waals surface area (Å²) in [6.45, 7) is 3.27. The Hall–Kier alpha value is -3.75. The number of rotatable bonds is 8. The molecule has 0 bridgehead atoms. The fourth-order valence-electron chi connectivity index (χ4n) is 5.22. The minimum absolute atomic E-state index is 0.227. The Morgan fingerprint density at radius 2 is 1.61 bits per heavy atom. The molecule has 0 amide bonds. The van der Waals surface area contributed by atoms with Crippen LogP contribution in [0.5, 0.6) is 11.5 Å². The molecule has 0 aliphatic carbocycles. The van der Waals surface area contributed by atoms with Crippen molar-refractivity contribution in [2.75, 3.05) is 32.8 Å². The van der Waals surface area contributed by atoms with E-state index >= 15 is 0 Å². The van der Waals surface area contributed by atoms with Crippen molar-refractivity contribution in [3.8, 4) is 11.5 Å². The number of hydrogen-bond donors (Lipinski definition) is 4. The zero-order valence-corrected chi connectivity index (χ0v) is 20.0. The highest BCUT2D eigenvalue weighted by Gasteiger charge is 2.22. The molecule has 8 heteroatoms. The molecule has 1 fully saturated rings. The molecular formula is C28H30N4O4. The Morgan fingerprint density at radius 1 is 0.861 bits per heavy atom. The number of benzene rings is 3. The van der Waals surface area contributed by atoms with Crippen molar-refractivity contribution in [3.05, 3.63) is 71.1 Å². The summed E-state index contributed by atoms with van der Waals surface area (Å²) in [6.07, 6.45) is 1.44. The molecule has 1 atom stereocenters. The van der Waals surface area contributed by atoms with Crippen LogP contribution in [-0.2, 0) is 0 Å². The molecule has 0 saturated carbocycles. The predicted molar refractivity (Wildman–Crippen MR) is 141 cm³/mol. The maximum Gasteiger partial charge on any atom is 0.323 e. The summed E-state index contributed by atoms with van der Waals surface area (Å²) in [6, 6.07) is 19.8. The highest BCUT2D eigenvalue weighted by molar-refractivity contribution is 6.10. The molecule has 2 aromatic heterocycles. The van der Waals surface area contributed by atoms with E-state index in [1.54, 1.807) is 0 Å². The van der Waals surface area contributed by atoms with Gasteiger partial charge < -0.3 is 34.4 Å². The van der Waals surface area contributed by atoms with Crippen LogP contribution in [0.2, 0.25) is 0 Å². The van der Waals surface area contributed by atoms with Gasteiger partial charge in [0.1, 0.15) is 29.7 Å². The standard InChI is InChI=1S/C28H30N4O4/c33-19(17-36-24-9-3-7-22-26(24)20-5-1-2-6-21(20)29-22)15-32-13-11-18(12-14-32)16-35-25-10-4-8-23-27(25)31-28(34)30-23/h1-10,18-19,29,33H,11-17H2,(H2,30,31,34). The van der Waals surface area contributed by atoms with Gasteiger partial charge in [0, 0.05) is 22.8 Å². The van der Waals surface area contributed by atoms with Crippen molar-refractivity contribution < 1.29 is 14.6 Å². The number of aromatic nitrogens is 3. The van der Waals surface area contributed by atoms with Gasteiger partial charge in [-0.2, -0.15) is 0 Å². The number of nitrogens with one attached hydrogen (secondary N) is 3. The molecule has 3 aromatic carbocycles. The Morgan fingerprint density at radius 3 is 2.47 bits per heavy atom. The maximum atomic E-state index is 11.6. The van der Waals surface area contributed by atoms with Gasteiger partial charge in [-0.3, -0.25) is 0 Å². The first-order valence-electron chi connectivity index (χ1n) is 12.5. The Balaban J connectivity index is 0.999. The fourth-order valence-corrected chi connectivity index (χ4v) is 5.22. The average Bonchev–Trinajstić information content (AvgIpc) is 3.47. The number of ether oxygens (including phenoxy) is 2. The smallest absolute Gasteiger partial charge is 0.323 e. The van der Waals surface area contributed by atoms with Gasteiger partial charge in [-0.15, -0.1) is 0 Å². The van der Waals surface area contributed by atoms with Gasteiger partial charge in [0.2, 0.25) is 0 Å². The number of imidazole rings is 1. The van der Waals surface area contributed by atoms with Crippen molar-refractivity contribution in [2.24, 2.45) is 5.92 Å². The minimum Gasteiger partial charge on any atom is -0.491 e. The molecule has 1 aliphatic rings. The van der Waals surface area contributed by atoms with E-state index < -0.39 is 6.10 Å². The number of aliphatic hydroxyl groups excluding tert-OH is 1. The number of para-hydroxylation sites is 2. The van der Waals surface area contributed by atoms with Crippen LogP contribution in [0.1, 0.15) is 12.8 Å². The first kappa shape index (κ1) is 22.7. The molecule has 4 N–H and O–H groups in total. The summed E-state index contributed by atoms with van der Waals surface area (Å²) < 4.78 is 12.1. The Bertz CT molecular complexity index is 1540. The topological polar surface area (TPSA) is 106 Å². The normalized spacial score (nSPS) is 16.1. The van der Waals surface area contributed by atoms with Crippen LogP contribution < -0.4 is 15.2 Å². The van der Waals surface area contributed by atoms with Crippen molar-refractivity contribution in [1.82, 2.24) is 19.9 Å². The molecule has 5 aromatic rings. The van der Waals surface area contributed by atoms with Crippen molar-refractivity contribution >= 4 is 32.8 Å². The van der Waals surface area contributed by atoms with E-state index in [1.165, 1.54) is 0 Å². The van der Waals surface area contributed by atoms with Gasteiger partial charge in [-0.05, 0) is 62.2 Å². The van der Waals surface area contributed by atoms with Gasteiger partial charge >= 0.3 is 5.69 Å². The van der Waals surface area contributed by atoms with E-state index in [1.807, 2.05) is 48.5 Å². The minimum atomic E-state index is -0.568. The molecule has 0 radical (unpaired) electrons. The molecule has 0 spiro atoms. The number of fused-ring (bicyclic) bond motifs is 4. The molecule has 186 valence electrons. The first-order valence-corrected chi connectivity index (χ1v) is 12.5. The number of likely N-dealkylation sites (tertiary alicyclic amines) is 1. The molecule has 1 unspecified atom stereocenters. The molecular weight excluding hydrogens is 456 g/mol. The lowest BCUT2D eigenvalue weighted by molar-refractivity contribution is 0.0508. The molecule has 1 aliphatic heterocycles. The third-order valence-electron chi connectivity index (χ3n) is 7.09. The van der Waals surface area contributed by atoms with Crippen LogP contribution in [0, 0.1) is 5.92 Å². The number of piperidine rings is 1. The van der Waals surface area contributed by atoms with Crippen LogP contribution in [-0.4, -0.2) is 63.9 Å². The number of H-pyrrole nitrogens is 3. The summed E-state index contributed by atoms with van der Waals surface area (Å²) >= 11 is 0. The number of aliphatic hydroxyl groups is 1. The van der Waals surface area contributed by atoms with Crippen LogP contribution in [0.3, 0.4) is 0 Å². The molecule has 1 saturated heterocycles. The van der Waals surface area contributed by atoms with Gasteiger partial charge in [-0.1, -0.05) is 30.3 Å². The zero-order chi connectivity index (χ0) is 24.5. The van der Waals surface area contributed by atoms with E-state index in [0.717, 1.165) is 59.0 Å². The van der Waals surface area contributed by atoms with Crippen LogP contribution in [0.4, 0.5) is 0 Å². The highest BCUT2D eigenvalue weighted by Crippen LogP contribution is 2.33. The second kappa shape index (κ2) is 9.72. The Kier molecular flexibility index (Phi) is 6.13. The van der Waals surface area contributed by atoms with Gasteiger partial charge in [0.15, 0.2) is 0 Å². The lowest BCUT2D eigenvalue weighted by Crippen LogP contribution is -2.41. The summed E-state index contributed by atoms with van der Waals surface area (Å²) in [5.74, 6) is 1.93. The van der Waals surface area contributed by atoms with Gasteiger partial charge in [0.25, 0.3) is 0 Å². The third-order valence-corrected chi connectivity index (χ3v) is 7.09. The summed E-state index contributed by atoms with van der Waals surface area (Å²) in [4.78, 5) is 22.9. The molecule has 8 nitrogen and oxygen atoms in total. The quantitative estimate of drug-likeness (QED) is 0.265. The largest absolute Gasteiger partial charge is 0.491 e. The number of nitrogens with zero attached hydrogens (tertiary/aromatic N) is 1. The van der Waals surface area contributed by atoms with E-state index in [0.29, 0.717) is 30.3 Å². The SMILES string of the molecule is O=c1[nH]c2cccc(OCC3CCN(CC(O)COc4cccc5[nH]c6ccccc6c45)CC3)c2[nH]1. The van der Waals surface area contributed by atoms with E-state index in [-0.39, 0.29) is 12.3 Å². The van der Waals surface area contributed by atoms with E-state index in [9.17, 15) is 9.90 Å². The maximum absolute atomic E-state index is 11.6. The second-order valence-electron chi connectivity index (χ2n) is 9.63. The highest BCUT2D eigenvalue weighted by atomic mass is 16.5. The van der Waals surface area contributed by atoms with Gasteiger partial charge in [0.05, 0.1) is 17.6 Å². The lowest BCUT2D eigenvalue weighted by Gasteiger charge is -2.33. The van der Waals surface area contributed by atoms with Crippen molar-refractivity contribution in [2.45, 2.75) is 18.9 Å². The predicted octanol–water partition coefficient (Wildman–Crippen LogP) is 4.02. The van der Waals surface area contributed by atoms with Gasteiger partial charge in [-0.25, -0.2) is 4.79 Å². The Labute approximate surface area is 207 Å². The van der Waals surface area contributed by atoms with Crippen LogP contribution in [0.15, 0.2) is 65.5 Å². The first-order chi connectivity index (χ1) is 17.6. The third kappa shape index (κ3) is 4.57. The summed E-state index contributed by atoms with van der Waals surface area (Å²) in [5.41, 5.74) is 3.35. The van der Waals surface area contributed by atoms with E-state index in [2.05, 4.69) is 32.0 Å². The van der Waals surface area contributed by atoms with Crippen molar-refractivity contribution in [3.63, 3.8) is 0 Å². The van der Waals surface area contributed by atoms with E-state index in [4.69, 9.17) is 9.47 Å². The molecule has 36 heavy (non-hydrogen) atoms. The number of β-amino-alcohol motifs (C(OH)–C–C–N with tert-alkyl or cyclic N) is 1. The summed E-state index contributed by atoms with van der Waals surface area (Å²) in [7, 11) is 0. The van der Waals surface area contributed by atoms with Crippen LogP contribution in [0.25, 0.3) is 32.8 Å². The number of hydrogen-bond acceptors (Lipinski definition) is 5. The fraction of sp³-hybridized carbons (Fsp3) is 0.321. The van der Waals surface area contributed by atoms with Crippen molar-refractivity contribution in [1.29, 1.82) is 0 Å². The summed E-state index contributed by atoms with van der Waals surface area (Å²) in [5, 5.41) is 12.9. The lowest BCUT2D eigenvalue weighted by atomic mass is 9.97. The molecule has 6 rings (SSSR count). The monoisotopic (exact) mass is 486 g/mol.